The molecule has 0 bridgehead atoms. The zero-order valence-electron chi connectivity index (χ0n) is 6.79. The average molecular weight is 286 g/mol. The van der Waals surface area contributed by atoms with Crippen molar-refractivity contribution in [3.63, 3.8) is 0 Å². The fourth-order valence-corrected chi connectivity index (χ4v) is 1.63. The first-order valence-corrected chi connectivity index (χ1v) is 5.41. The molecule has 0 unspecified atom stereocenters. The zero-order chi connectivity index (χ0) is 9.26. The van der Waals surface area contributed by atoms with E-state index < -0.39 is 0 Å². The van der Waals surface area contributed by atoms with Crippen LogP contribution in [0.25, 0.3) is 10.8 Å². The molecule has 1 aromatic heterocycles. The minimum absolute atomic E-state index is 0.246. The third-order valence-corrected chi connectivity index (χ3v) is 2.60. The van der Waals surface area contributed by atoms with Crippen molar-refractivity contribution in [1.82, 2.24) is 0 Å². The van der Waals surface area contributed by atoms with Gasteiger partial charge in [0.15, 0.2) is 0 Å². The molecule has 0 aliphatic rings. The Bertz CT molecular complexity index is 487. The molecule has 2 rings (SSSR count). The van der Waals surface area contributed by atoms with E-state index in [1.165, 1.54) is 0 Å². The van der Waals surface area contributed by atoms with Gasteiger partial charge < -0.3 is 4.42 Å². The molecule has 0 fully saturated rings. The van der Waals surface area contributed by atoms with Gasteiger partial charge in [-0.05, 0) is 17.5 Å². The Morgan fingerprint density at radius 1 is 1.31 bits per heavy atom. The maximum atomic E-state index is 11.4. The average Bonchev–Trinajstić information content (AvgIpc) is 2.18. The standard InChI is InChI=1S/C10H7IO2/c11-6-8-5-7-3-1-2-4-9(7)10(12)13-8/h1-5H,6H2. The molecule has 0 aliphatic heterocycles. The largest absolute Gasteiger partial charge is 0.427 e. The summed E-state index contributed by atoms with van der Waals surface area (Å²) >= 11 is 2.17. The summed E-state index contributed by atoms with van der Waals surface area (Å²) in [5.41, 5.74) is -0.246. The van der Waals surface area contributed by atoms with Crippen molar-refractivity contribution in [3.05, 3.63) is 46.5 Å². The summed E-state index contributed by atoms with van der Waals surface area (Å²) < 4.78 is 5.80. The third-order valence-electron chi connectivity index (χ3n) is 1.85. The number of rotatable bonds is 1. The first-order chi connectivity index (χ1) is 6.31. The molecule has 1 aromatic carbocycles. The summed E-state index contributed by atoms with van der Waals surface area (Å²) in [7, 11) is 0. The van der Waals surface area contributed by atoms with Crippen molar-refractivity contribution in [2.45, 2.75) is 4.43 Å². The molecule has 0 radical (unpaired) electrons. The molecule has 2 nitrogen and oxygen atoms in total. The molecule has 0 N–H and O–H groups in total. The SMILES string of the molecule is O=c1oc(CI)cc2ccccc12. The molecule has 1 heterocycles. The third kappa shape index (κ3) is 1.60. The molecule has 0 aliphatic carbocycles. The first-order valence-electron chi connectivity index (χ1n) is 3.89. The van der Waals surface area contributed by atoms with Gasteiger partial charge >= 0.3 is 5.63 Å². The van der Waals surface area contributed by atoms with Crippen LogP contribution in [0.15, 0.2) is 39.5 Å². The van der Waals surface area contributed by atoms with E-state index >= 15 is 0 Å². The van der Waals surface area contributed by atoms with Gasteiger partial charge in [-0.2, -0.15) is 0 Å². The second kappa shape index (κ2) is 3.49. The summed E-state index contributed by atoms with van der Waals surface area (Å²) in [6.07, 6.45) is 0. The smallest absolute Gasteiger partial charge is 0.343 e. The lowest BCUT2D eigenvalue weighted by Gasteiger charge is -1.97. The van der Waals surface area contributed by atoms with Crippen LogP contribution in [0.5, 0.6) is 0 Å². The lowest BCUT2D eigenvalue weighted by molar-refractivity contribution is 0.487. The minimum atomic E-state index is -0.246. The molecule has 0 atom stereocenters. The number of hydrogen-bond acceptors (Lipinski definition) is 2. The molecular weight excluding hydrogens is 279 g/mol. The number of hydrogen-bond donors (Lipinski definition) is 0. The van der Waals surface area contributed by atoms with Crippen LogP contribution in [0.2, 0.25) is 0 Å². The second-order valence-corrected chi connectivity index (χ2v) is 3.48. The van der Waals surface area contributed by atoms with Crippen molar-refractivity contribution >= 4 is 33.4 Å². The van der Waals surface area contributed by atoms with Crippen molar-refractivity contribution in [1.29, 1.82) is 0 Å². The van der Waals surface area contributed by atoms with Crippen molar-refractivity contribution < 1.29 is 4.42 Å². The Balaban J connectivity index is 2.85. The fraction of sp³-hybridized carbons (Fsp3) is 0.100. The number of alkyl halides is 1. The summed E-state index contributed by atoms with van der Waals surface area (Å²) in [6, 6.07) is 9.35. The zero-order valence-corrected chi connectivity index (χ0v) is 8.95. The van der Waals surface area contributed by atoms with E-state index in [0.29, 0.717) is 5.39 Å². The van der Waals surface area contributed by atoms with E-state index in [1.54, 1.807) is 6.07 Å². The Labute approximate surface area is 88.7 Å². The van der Waals surface area contributed by atoms with E-state index in [1.807, 2.05) is 24.3 Å². The molecule has 0 amide bonds. The van der Waals surface area contributed by atoms with Crippen LogP contribution in [-0.2, 0) is 4.43 Å². The highest BCUT2D eigenvalue weighted by Gasteiger charge is 2.01. The van der Waals surface area contributed by atoms with E-state index in [4.69, 9.17) is 4.42 Å². The Kier molecular flexibility index (Phi) is 2.35. The quantitative estimate of drug-likeness (QED) is 0.596. The summed E-state index contributed by atoms with van der Waals surface area (Å²) in [5, 5.41) is 1.60. The number of halogens is 1. The van der Waals surface area contributed by atoms with Crippen LogP contribution in [0.3, 0.4) is 0 Å². The predicted molar refractivity (Wildman–Crippen MR) is 60.2 cm³/mol. The fourth-order valence-electron chi connectivity index (χ4n) is 1.25. The molecule has 0 spiro atoms. The van der Waals surface area contributed by atoms with Gasteiger partial charge in [0.2, 0.25) is 0 Å². The lowest BCUT2D eigenvalue weighted by Crippen LogP contribution is -2.00. The number of fused-ring (bicyclic) bond motifs is 1. The van der Waals surface area contributed by atoms with Gasteiger partial charge in [0.05, 0.1) is 9.81 Å². The summed E-state index contributed by atoms with van der Waals surface area (Å²) in [5.74, 6) is 0.726. The second-order valence-electron chi connectivity index (χ2n) is 2.72. The van der Waals surface area contributed by atoms with Crippen molar-refractivity contribution in [3.8, 4) is 0 Å². The minimum Gasteiger partial charge on any atom is -0.427 e. The molecule has 0 saturated carbocycles. The normalized spacial score (nSPS) is 10.5. The maximum Gasteiger partial charge on any atom is 0.343 e. The van der Waals surface area contributed by atoms with Crippen LogP contribution in [0, 0.1) is 0 Å². The molecule has 0 saturated heterocycles. The van der Waals surface area contributed by atoms with Gasteiger partial charge in [0.25, 0.3) is 0 Å². The van der Waals surface area contributed by atoms with Crippen molar-refractivity contribution in [2.24, 2.45) is 0 Å². The topological polar surface area (TPSA) is 30.2 Å². The van der Waals surface area contributed by atoms with Crippen LogP contribution in [0.1, 0.15) is 5.76 Å². The van der Waals surface area contributed by atoms with Crippen LogP contribution >= 0.6 is 22.6 Å². The summed E-state index contributed by atoms with van der Waals surface area (Å²) in [4.78, 5) is 11.4. The Hall–Kier alpha value is -0.840. The highest BCUT2D eigenvalue weighted by atomic mass is 127. The summed E-state index contributed by atoms with van der Waals surface area (Å²) in [6.45, 7) is 0. The predicted octanol–water partition coefficient (Wildman–Crippen LogP) is 2.73. The van der Waals surface area contributed by atoms with Gasteiger partial charge in [-0.3, -0.25) is 0 Å². The van der Waals surface area contributed by atoms with Crippen molar-refractivity contribution in [2.75, 3.05) is 0 Å². The first kappa shape index (κ1) is 8.74. The lowest BCUT2D eigenvalue weighted by atomic mass is 10.2. The van der Waals surface area contributed by atoms with E-state index in [-0.39, 0.29) is 5.63 Å². The van der Waals surface area contributed by atoms with Gasteiger partial charge in [-0.25, -0.2) is 4.79 Å². The number of benzene rings is 1. The van der Waals surface area contributed by atoms with E-state index in [0.717, 1.165) is 15.6 Å². The van der Waals surface area contributed by atoms with Gasteiger partial charge in [-0.15, -0.1) is 0 Å². The molecule has 3 heteroatoms. The highest BCUT2D eigenvalue weighted by molar-refractivity contribution is 14.1. The van der Waals surface area contributed by atoms with E-state index in [9.17, 15) is 4.79 Å². The molecule has 2 aromatic rings. The Morgan fingerprint density at radius 2 is 2.08 bits per heavy atom. The van der Waals surface area contributed by atoms with Crippen LogP contribution in [0.4, 0.5) is 0 Å². The Morgan fingerprint density at radius 3 is 2.85 bits per heavy atom. The molecule has 66 valence electrons. The van der Waals surface area contributed by atoms with Crippen LogP contribution in [-0.4, -0.2) is 0 Å². The van der Waals surface area contributed by atoms with Crippen LogP contribution < -0.4 is 5.63 Å². The van der Waals surface area contributed by atoms with Gasteiger partial charge in [0, 0.05) is 0 Å². The van der Waals surface area contributed by atoms with E-state index in [2.05, 4.69) is 22.6 Å². The molecule has 13 heavy (non-hydrogen) atoms. The van der Waals surface area contributed by atoms with Gasteiger partial charge in [0.1, 0.15) is 5.76 Å². The monoisotopic (exact) mass is 286 g/mol. The van der Waals surface area contributed by atoms with Gasteiger partial charge in [-0.1, -0.05) is 40.8 Å². The highest BCUT2D eigenvalue weighted by Crippen LogP contribution is 2.13. The maximum absolute atomic E-state index is 11.4. The molecular formula is C10H7IO2.